The lowest BCUT2D eigenvalue weighted by atomic mass is 10.1. The van der Waals surface area contributed by atoms with Gasteiger partial charge < -0.3 is 5.73 Å². The number of sulfonamides is 1. The zero-order valence-corrected chi connectivity index (χ0v) is 14.0. The molecule has 1 saturated heterocycles. The third-order valence-corrected chi connectivity index (χ3v) is 6.52. The summed E-state index contributed by atoms with van der Waals surface area (Å²) < 4.78 is 26.8. The van der Waals surface area contributed by atoms with Gasteiger partial charge in [-0.15, -0.1) is 12.4 Å². The fourth-order valence-corrected chi connectivity index (χ4v) is 4.75. The van der Waals surface area contributed by atoms with Crippen molar-refractivity contribution in [2.24, 2.45) is 5.73 Å². The number of rotatable bonds is 2. The van der Waals surface area contributed by atoms with Crippen LogP contribution in [0.4, 0.5) is 0 Å². The van der Waals surface area contributed by atoms with Gasteiger partial charge in [-0.1, -0.05) is 17.7 Å². The molecule has 0 aliphatic carbocycles. The van der Waals surface area contributed by atoms with Gasteiger partial charge in [-0.3, -0.25) is 0 Å². The first kappa shape index (κ1) is 17.2. The van der Waals surface area contributed by atoms with Gasteiger partial charge in [-0.25, -0.2) is 8.42 Å². The largest absolute Gasteiger partial charge is 0.327 e. The Labute approximate surface area is 132 Å². The number of hydrogen-bond acceptors (Lipinski definition) is 3. The summed E-state index contributed by atoms with van der Waals surface area (Å²) in [5.41, 5.74) is 5.82. The van der Waals surface area contributed by atoms with Gasteiger partial charge in [0.1, 0.15) is 0 Å². The first-order valence-corrected chi connectivity index (χ1v) is 8.24. The lowest BCUT2D eigenvalue weighted by Crippen LogP contribution is -2.45. The van der Waals surface area contributed by atoms with Gasteiger partial charge in [0, 0.05) is 19.1 Å². The van der Waals surface area contributed by atoms with Crippen molar-refractivity contribution in [1.29, 1.82) is 0 Å². The third kappa shape index (κ3) is 3.62. The maximum Gasteiger partial charge on any atom is 0.244 e. The van der Waals surface area contributed by atoms with Crippen molar-refractivity contribution < 1.29 is 8.42 Å². The molecule has 1 atom stereocenters. The highest BCUT2D eigenvalue weighted by Gasteiger charge is 2.30. The highest BCUT2D eigenvalue weighted by atomic mass is 79.9. The maximum absolute atomic E-state index is 12.5. The van der Waals surface area contributed by atoms with E-state index in [2.05, 4.69) is 15.9 Å². The Hall–Kier alpha value is 0.150. The van der Waals surface area contributed by atoms with Gasteiger partial charge in [-0.05, 0) is 40.9 Å². The Morgan fingerprint density at radius 3 is 2.74 bits per heavy atom. The van der Waals surface area contributed by atoms with E-state index in [0.29, 0.717) is 22.6 Å². The van der Waals surface area contributed by atoms with Crippen molar-refractivity contribution >= 4 is 50.0 Å². The lowest BCUT2D eigenvalue weighted by molar-refractivity contribution is 0.316. The van der Waals surface area contributed by atoms with Gasteiger partial charge >= 0.3 is 0 Å². The quantitative estimate of drug-likeness (QED) is 0.845. The number of halogens is 3. The number of benzene rings is 1. The average Bonchev–Trinajstić information content (AvgIpc) is 2.32. The highest BCUT2D eigenvalue weighted by molar-refractivity contribution is 9.10. The van der Waals surface area contributed by atoms with Crippen LogP contribution in [0.1, 0.15) is 12.8 Å². The minimum absolute atomic E-state index is 0. The molecule has 0 saturated carbocycles. The number of nitrogens with zero attached hydrogens (tertiary/aromatic N) is 1. The third-order valence-electron chi connectivity index (χ3n) is 2.95. The Morgan fingerprint density at radius 2 is 2.11 bits per heavy atom. The fraction of sp³-hybridized carbons (Fsp3) is 0.455. The Kier molecular flexibility index (Phi) is 6.10. The Bertz CT molecular complexity index is 554. The predicted octanol–water partition coefficient (Wildman–Crippen LogP) is 2.64. The fourth-order valence-electron chi connectivity index (χ4n) is 2.01. The van der Waals surface area contributed by atoms with Crippen LogP contribution in [-0.2, 0) is 10.0 Å². The molecule has 0 radical (unpaired) electrons. The van der Waals surface area contributed by atoms with Crippen LogP contribution in [0.25, 0.3) is 0 Å². The Morgan fingerprint density at radius 1 is 1.42 bits per heavy atom. The van der Waals surface area contributed by atoms with Crippen LogP contribution in [0.5, 0.6) is 0 Å². The van der Waals surface area contributed by atoms with Crippen molar-refractivity contribution in [2.45, 2.75) is 23.8 Å². The summed E-state index contributed by atoms with van der Waals surface area (Å²) in [6.45, 7) is 0.871. The van der Waals surface area contributed by atoms with E-state index in [1.54, 1.807) is 18.2 Å². The summed E-state index contributed by atoms with van der Waals surface area (Å²) in [5.74, 6) is 0. The molecule has 4 nitrogen and oxygen atoms in total. The molecule has 1 fully saturated rings. The molecule has 1 heterocycles. The second-order valence-electron chi connectivity index (χ2n) is 4.32. The molecule has 0 bridgehead atoms. The predicted molar refractivity (Wildman–Crippen MR) is 82.4 cm³/mol. The number of piperidine rings is 1. The van der Waals surface area contributed by atoms with E-state index in [1.807, 2.05) is 0 Å². The van der Waals surface area contributed by atoms with Crippen LogP contribution in [0.15, 0.2) is 27.6 Å². The molecule has 1 aromatic rings. The monoisotopic (exact) mass is 388 g/mol. The van der Waals surface area contributed by atoms with E-state index in [-0.39, 0.29) is 23.3 Å². The zero-order chi connectivity index (χ0) is 13.3. The molecule has 2 rings (SSSR count). The molecule has 1 aliphatic heterocycles. The second-order valence-corrected chi connectivity index (χ2v) is 7.42. The molecule has 2 N–H and O–H groups in total. The molecule has 0 spiro atoms. The van der Waals surface area contributed by atoms with Gasteiger partial charge in [0.2, 0.25) is 10.0 Å². The van der Waals surface area contributed by atoms with Crippen LogP contribution in [0.2, 0.25) is 5.02 Å². The average molecular weight is 390 g/mol. The van der Waals surface area contributed by atoms with E-state index >= 15 is 0 Å². The van der Waals surface area contributed by atoms with Crippen molar-refractivity contribution in [3.8, 4) is 0 Å². The molecule has 19 heavy (non-hydrogen) atoms. The normalized spacial score (nSPS) is 20.9. The second kappa shape index (κ2) is 6.74. The van der Waals surface area contributed by atoms with Gasteiger partial charge in [0.05, 0.1) is 14.4 Å². The summed E-state index contributed by atoms with van der Waals surface area (Å²) in [6.07, 6.45) is 1.65. The van der Waals surface area contributed by atoms with Crippen molar-refractivity contribution in [2.75, 3.05) is 13.1 Å². The van der Waals surface area contributed by atoms with E-state index < -0.39 is 10.0 Å². The lowest BCUT2D eigenvalue weighted by Gasteiger charge is -2.30. The molecule has 1 aliphatic rings. The SMILES string of the molecule is Cl.NC1CCCN(S(=O)(=O)c2cccc(Cl)c2Br)C1. The topological polar surface area (TPSA) is 63.4 Å². The van der Waals surface area contributed by atoms with Crippen LogP contribution in [-0.4, -0.2) is 31.9 Å². The van der Waals surface area contributed by atoms with Crippen LogP contribution >= 0.6 is 39.9 Å². The molecular formula is C11H15BrCl2N2O2S. The van der Waals surface area contributed by atoms with Crippen LogP contribution < -0.4 is 5.73 Å². The summed E-state index contributed by atoms with van der Waals surface area (Å²) in [5, 5.41) is 0.386. The molecule has 1 unspecified atom stereocenters. The Balaban J connectivity index is 0.00000180. The van der Waals surface area contributed by atoms with E-state index in [9.17, 15) is 8.42 Å². The number of hydrogen-bond donors (Lipinski definition) is 1. The van der Waals surface area contributed by atoms with Crippen molar-refractivity contribution in [1.82, 2.24) is 4.31 Å². The standard InChI is InChI=1S/C11H14BrClN2O2S.ClH/c12-11-9(13)4-1-5-10(11)18(16,17)15-6-2-3-8(14)7-15;/h1,4-5,8H,2-3,6-7,14H2;1H. The van der Waals surface area contributed by atoms with Gasteiger partial charge in [0.15, 0.2) is 0 Å². The summed E-state index contributed by atoms with van der Waals surface area (Å²) in [6, 6.07) is 4.73. The van der Waals surface area contributed by atoms with E-state index in [0.717, 1.165) is 12.8 Å². The summed E-state index contributed by atoms with van der Waals surface area (Å²) >= 11 is 9.16. The highest BCUT2D eigenvalue weighted by Crippen LogP contribution is 2.32. The molecule has 8 heteroatoms. The van der Waals surface area contributed by atoms with E-state index in [4.69, 9.17) is 17.3 Å². The minimum Gasteiger partial charge on any atom is -0.327 e. The molecular weight excluding hydrogens is 375 g/mol. The molecule has 0 amide bonds. The smallest absolute Gasteiger partial charge is 0.244 e. The van der Waals surface area contributed by atoms with E-state index in [1.165, 1.54) is 4.31 Å². The molecule has 108 valence electrons. The zero-order valence-electron chi connectivity index (χ0n) is 10.1. The molecule has 0 aromatic heterocycles. The van der Waals surface area contributed by atoms with Crippen molar-refractivity contribution in [3.05, 3.63) is 27.7 Å². The summed E-state index contributed by atoms with van der Waals surface area (Å²) in [7, 11) is -3.53. The maximum atomic E-state index is 12.5. The van der Waals surface area contributed by atoms with Gasteiger partial charge in [0.25, 0.3) is 0 Å². The minimum atomic E-state index is -3.53. The first-order chi connectivity index (χ1) is 8.43. The number of nitrogens with two attached hydrogens (primary N) is 1. The van der Waals surface area contributed by atoms with Crippen molar-refractivity contribution in [3.63, 3.8) is 0 Å². The molecule has 1 aromatic carbocycles. The first-order valence-electron chi connectivity index (χ1n) is 5.62. The van der Waals surface area contributed by atoms with Gasteiger partial charge in [-0.2, -0.15) is 4.31 Å². The van der Waals surface area contributed by atoms with Crippen LogP contribution in [0, 0.1) is 0 Å². The summed E-state index contributed by atoms with van der Waals surface area (Å²) in [4.78, 5) is 0.198. The van der Waals surface area contributed by atoms with Crippen LogP contribution in [0.3, 0.4) is 0 Å².